The van der Waals surface area contributed by atoms with E-state index in [1.54, 1.807) is 4.68 Å². The maximum Gasteiger partial charge on any atom is 0.270 e. The molecule has 138 valence electrons. The van der Waals surface area contributed by atoms with Gasteiger partial charge in [-0.15, -0.1) is 0 Å². The highest BCUT2D eigenvalue weighted by Gasteiger charge is 2.26. The van der Waals surface area contributed by atoms with E-state index in [4.69, 9.17) is 5.10 Å². The topological polar surface area (TPSA) is 46.9 Å². The number of aryl methyl sites for hydroxylation is 4. The number of benzene rings is 2. The van der Waals surface area contributed by atoms with Crippen LogP contribution in [0.15, 0.2) is 42.5 Å². The fraction of sp³-hybridized carbons (Fsp3) is 0.304. The number of hydrogen-bond acceptors (Lipinski definition) is 2. The van der Waals surface area contributed by atoms with Gasteiger partial charge in [0.25, 0.3) is 5.91 Å². The Morgan fingerprint density at radius 3 is 2.41 bits per heavy atom. The van der Waals surface area contributed by atoms with E-state index in [0.717, 1.165) is 40.9 Å². The van der Waals surface area contributed by atoms with Crippen LogP contribution in [0.4, 0.5) is 0 Å². The zero-order chi connectivity index (χ0) is 19.1. The Bertz CT molecular complexity index is 1030. The van der Waals surface area contributed by atoms with E-state index in [1.165, 1.54) is 11.1 Å². The Morgan fingerprint density at radius 1 is 0.963 bits per heavy atom. The van der Waals surface area contributed by atoms with Gasteiger partial charge in [0.05, 0.1) is 11.4 Å². The molecular weight excluding hydrogens is 334 g/mol. The molecule has 1 aliphatic carbocycles. The average molecular weight is 359 g/mol. The summed E-state index contributed by atoms with van der Waals surface area (Å²) in [6, 6.07) is 14.8. The van der Waals surface area contributed by atoms with Crippen LogP contribution in [0.25, 0.3) is 16.9 Å². The van der Waals surface area contributed by atoms with Gasteiger partial charge < -0.3 is 5.32 Å². The summed E-state index contributed by atoms with van der Waals surface area (Å²) >= 11 is 0. The van der Waals surface area contributed by atoms with E-state index >= 15 is 0 Å². The smallest absolute Gasteiger partial charge is 0.270 e. The summed E-state index contributed by atoms with van der Waals surface area (Å²) in [5.41, 5.74) is 8.10. The molecule has 0 atom stereocenters. The van der Waals surface area contributed by atoms with Crippen LogP contribution in [0.1, 0.15) is 45.6 Å². The van der Waals surface area contributed by atoms with E-state index in [2.05, 4.69) is 69.4 Å². The lowest BCUT2D eigenvalue weighted by atomic mass is 10.0. The van der Waals surface area contributed by atoms with Gasteiger partial charge in [-0.3, -0.25) is 4.79 Å². The number of rotatable bonds is 4. The van der Waals surface area contributed by atoms with Gasteiger partial charge in [0, 0.05) is 11.6 Å². The number of nitrogens with zero attached hydrogens (tertiary/aromatic N) is 2. The van der Waals surface area contributed by atoms with Crippen molar-refractivity contribution in [3.63, 3.8) is 0 Å². The van der Waals surface area contributed by atoms with Crippen LogP contribution in [0.3, 0.4) is 0 Å². The van der Waals surface area contributed by atoms with E-state index in [0.29, 0.717) is 11.7 Å². The third-order valence-electron chi connectivity index (χ3n) is 5.25. The summed E-state index contributed by atoms with van der Waals surface area (Å²) in [6.45, 7) is 8.30. The minimum absolute atomic E-state index is 0.0546. The lowest BCUT2D eigenvalue weighted by Gasteiger charge is -2.11. The highest BCUT2D eigenvalue weighted by molar-refractivity contribution is 5.94. The lowest BCUT2D eigenvalue weighted by Crippen LogP contribution is -2.27. The fourth-order valence-corrected chi connectivity index (χ4v) is 3.20. The highest BCUT2D eigenvalue weighted by atomic mass is 16.2. The van der Waals surface area contributed by atoms with Gasteiger partial charge >= 0.3 is 0 Å². The molecule has 1 heterocycles. The first-order valence-electron chi connectivity index (χ1n) is 9.48. The first-order chi connectivity index (χ1) is 12.9. The maximum absolute atomic E-state index is 12.9. The minimum Gasteiger partial charge on any atom is -0.348 e. The zero-order valence-corrected chi connectivity index (χ0v) is 16.3. The van der Waals surface area contributed by atoms with E-state index in [9.17, 15) is 4.79 Å². The van der Waals surface area contributed by atoms with Gasteiger partial charge in [-0.25, -0.2) is 4.68 Å². The van der Waals surface area contributed by atoms with Crippen LogP contribution in [0, 0.1) is 27.7 Å². The summed E-state index contributed by atoms with van der Waals surface area (Å²) in [5, 5.41) is 7.93. The summed E-state index contributed by atoms with van der Waals surface area (Å²) < 4.78 is 1.80. The van der Waals surface area contributed by atoms with E-state index in [1.807, 2.05) is 6.07 Å². The first kappa shape index (κ1) is 17.5. The summed E-state index contributed by atoms with van der Waals surface area (Å²) in [7, 11) is 0. The van der Waals surface area contributed by atoms with Crippen LogP contribution in [-0.4, -0.2) is 21.7 Å². The van der Waals surface area contributed by atoms with Crippen LogP contribution in [-0.2, 0) is 0 Å². The number of carbonyl (C=O) groups is 1. The minimum atomic E-state index is -0.0546. The third-order valence-corrected chi connectivity index (χ3v) is 5.25. The van der Waals surface area contributed by atoms with Gasteiger partial charge in [0.15, 0.2) is 0 Å². The first-order valence-corrected chi connectivity index (χ1v) is 9.48. The van der Waals surface area contributed by atoms with Gasteiger partial charge in [-0.2, -0.15) is 5.10 Å². The van der Waals surface area contributed by atoms with Crippen molar-refractivity contribution in [2.75, 3.05) is 0 Å². The van der Waals surface area contributed by atoms with Crippen molar-refractivity contribution in [2.24, 2.45) is 0 Å². The maximum atomic E-state index is 12.9. The molecule has 0 unspecified atom stereocenters. The normalized spacial score (nSPS) is 13.6. The Balaban J connectivity index is 1.84. The molecule has 0 aliphatic heterocycles. The second-order valence-electron chi connectivity index (χ2n) is 7.66. The quantitative estimate of drug-likeness (QED) is 0.736. The molecule has 1 amide bonds. The molecule has 27 heavy (non-hydrogen) atoms. The largest absolute Gasteiger partial charge is 0.348 e. The van der Waals surface area contributed by atoms with Crippen LogP contribution >= 0.6 is 0 Å². The summed E-state index contributed by atoms with van der Waals surface area (Å²) in [5.74, 6) is -0.0546. The zero-order valence-electron chi connectivity index (χ0n) is 16.3. The molecule has 1 fully saturated rings. The Hall–Kier alpha value is -2.88. The Labute approximate surface area is 160 Å². The van der Waals surface area contributed by atoms with Crippen molar-refractivity contribution in [3.8, 4) is 16.9 Å². The Kier molecular flexibility index (Phi) is 4.34. The molecule has 4 rings (SSSR count). The highest BCUT2D eigenvalue weighted by Crippen LogP contribution is 2.26. The monoisotopic (exact) mass is 359 g/mol. The number of nitrogens with one attached hydrogen (secondary N) is 1. The number of hydrogen-bond donors (Lipinski definition) is 1. The summed E-state index contributed by atoms with van der Waals surface area (Å²) in [4.78, 5) is 12.9. The van der Waals surface area contributed by atoms with Crippen molar-refractivity contribution in [2.45, 2.75) is 46.6 Å². The van der Waals surface area contributed by atoms with E-state index < -0.39 is 0 Å². The van der Waals surface area contributed by atoms with Crippen molar-refractivity contribution in [1.82, 2.24) is 15.1 Å². The van der Waals surface area contributed by atoms with Crippen molar-refractivity contribution >= 4 is 5.91 Å². The standard InChI is InChI=1S/C23H25N3O/c1-14-5-6-16(3)21(11-14)26-22(23(27)24-19-9-10-19)13-20(25-26)18-8-7-15(2)17(4)12-18/h5-8,11-13,19H,9-10H2,1-4H3,(H,24,27). The molecule has 1 aliphatic rings. The lowest BCUT2D eigenvalue weighted by molar-refractivity contribution is 0.0943. The van der Waals surface area contributed by atoms with Gasteiger partial charge in [-0.1, -0.05) is 24.3 Å². The summed E-state index contributed by atoms with van der Waals surface area (Å²) in [6.07, 6.45) is 2.13. The van der Waals surface area contributed by atoms with Gasteiger partial charge in [0.1, 0.15) is 5.69 Å². The van der Waals surface area contributed by atoms with Crippen molar-refractivity contribution in [1.29, 1.82) is 0 Å². The number of aromatic nitrogens is 2. The molecule has 1 aromatic heterocycles. The van der Waals surface area contributed by atoms with Crippen molar-refractivity contribution < 1.29 is 4.79 Å². The molecule has 0 bridgehead atoms. The molecule has 4 nitrogen and oxygen atoms in total. The van der Waals surface area contributed by atoms with Crippen LogP contribution in [0.2, 0.25) is 0 Å². The SMILES string of the molecule is Cc1ccc(C)c(-n2nc(-c3ccc(C)c(C)c3)cc2C(=O)NC2CC2)c1. The molecule has 3 aromatic rings. The van der Waals surface area contributed by atoms with Gasteiger partial charge in [-0.05, 0) is 81.0 Å². The molecular formula is C23H25N3O. The Morgan fingerprint density at radius 2 is 1.70 bits per heavy atom. The molecule has 2 aromatic carbocycles. The third kappa shape index (κ3) is 3.52. The molecule has 1 saturated carbocycles. The second kappa shape index (κ2) is 6.69. The molecule has 4 heteroatoms. The van der Waals surface area contributed by atoms with Crippen LogP contribution in [0.5, 0.6) is 0 Å². The fourth-order valence-electron chi connectivity index (χ4n) is 3.20. The van der Waals surface area contributed by atoms with E-state index in [-0.39, 0.29) is 5.91 Å². The molecule has 1 N–H and O–H groups in total. The van der Waals surface area contributed by atoms with Crippen molar-refractivity contribution in [3.05, 3.63) is 70.4 Å². The molecule has 0 radical (unpaired) electrons. The second-order valence-corrected chi connectivity index (χ2v) is 7.66. The predicted molar refractivity (Wildman–Crippen MR) is 108 cm³/mol. The average Bonchev–Trinajstić information content (AvgIpc) is 3.34. The molecule has 0 saturated heterocycles. The number of carbonyl (C=O) groups excluding carboxylic acids is 1. The van der Waals surface area contributed by atoms with Crippen LogP contribution < -0.4 is 5.32 Å². The van der Waals surface area contributed by atoms with Gasteiger partial charge in [0.2, 0.25) is 0 Å². The number of amides is 1. The molecule has 0 spiro atoms. The predicted octanol–water partition coefficient (Wildman–Crippen LogP) is 4.67.